The highest BCUT2D eigenvalue weighted by molar-refractivity contribution is 9.10. The van der Waals surface area contributed by atoms with Crippen molar-refractivity contribution < 1.29 is 4.39 Å². The quantitative estimate of drug-likeness (QED) is 0.800. The van der Waals surface area contributed by atoms with E-state index in [4.69, 9.17) is 11.6 Å². The molecule has 3 nitrogen and oxygen atoms in total. The van der Waals surface area contributed by atoms with Gasteiger partial charge in [0.05, 0.1) is 0 Å². The van der Waals surface area contributed by atoms with Crippen LogP contribution in [0.3, 0.4) is 0 Å². The van der Waals surface area contributed by atoms with E-state index in [0.29, 0.717) is 28.9 Å². The summed E-state index contributed by atoms with van der Waals surface area (Å²) in [4.78, 5) is 8.51. The number of anilines is 1. The van der Waals surface area contributed by atoms with Gasteiger partial charge in [-0.1, -0.05) is 41.4 Å². The first kappa shape index (κ1) is 15.2. The molecule has 0 spiro atoms. The number of aromatic nitrogens is 2. The topological polar surface area (TPSA) is 37.8 Å². The van der Waals surface area contributed by atoms with Gasteiger partial charge < -0.3 is 5.32 Å². The van der Waals surface area contributed by atoms with Crippen molar-refractivity contribution in [1.82, 2.24) is 9.97 Å². The molecule has 0 aliphatic heterocycles. The van der Waals surface area contributed by atoms with Gasteiger partial charge in [-0.15, -0.1) is 0 Å². The lowest BCUT2D eigenvalue weighted by molar-refractivity contribution is 0.612. The summed E-state index contributed by atoms with van der Waals surface area (Å²) in [5.74, 6) is 1.17. The van der Waals surface area contributed by atoms with Gasteiger partial charge in [-0.3, -0.25) is 0 Å². The lowest BCUT2D eigenvalue weighted by atomic mass is 10.2. The van der Waals surface area contributed by atoms with Crippen molar-refractivity contribution >= 4 is 33.3 Å². The Hall–Kier alpha value is -1.20. The number of rotatable bonds is 4. The van der Waals surface area contributed by atoms with Crippen molar-refractivity contribution in [2.75, 3.05) is 5.32 Å². The van der Waals surface area contributed by atoms with Crippen LogP contribution in [0.5, 0.6) is 0 Å². The van der Waals surface area contributed by atoms with E-state index in [9.17, 15) is 4.39 Å². The predicted molar refractivity (Wildman–Crippen MR) is 82.6 cm³/mol. The summed E-state index contributed by atoms with van der Waals surface area (Å²) in [6.07, 6.45) is 0. The minimum Gasteiger partial charge on any atom is -0.366 e. The van der Waals surface area contributed by atoms with Gasteiger partial charge in [0.1, 0.15) is 22.6 Å². The third-order valence-corrected chi connectivity index (χ3v) is 3.38. The normalized spacial score (nSPS) is 10.9. The molecule has 2 rings (SSSR count). The Morgan fingerprint density at radius 2 is 2.05 bits per heavy atom. The third kappa shape index (κ3) is 3.90. The molecule has 6 heteroatoms. The summed E-state index contributed by atoms with van der Waals surface area (Å²) < 4.78 is 14.5. The van der Waals surface area contributed by atoms with E-state index in [1.807, 2.05) is 13.8 Å². The maximum atomic E-state index is 13.6. The van der Waals surface area contributed by atoms with Crippen molar-refractivity contribution in [2.45, 2.75) is 26.3 Å². The van der Waals surface area contributed by atoms with Gasteiger partial charge in [0, 0.05) is 28.6 Å². The van der Waals surface area contributed by atoms with Crippen LogP contribution in [0.1, 0.15) is 31.2 Å². The Balaban J connectivity index is 2.16. The standard InChI is InChI=1S/C14H14BrClFN3/c1-8(2)14-19-12(16)6-13(20-14)18-7-9-5-10(15)3-4-11(9)17/h3-6,8H,7H2,1-2H3,(H,18,19,20). The average Bonchev–Trinajstić information content (AvgIpc) is 2.39. The highest BCUT2D eigenvalue weighted by Gasteiger charge is 2.08. The zero-order chi connectivity index (χ0) is 14.7. The van der Waals surface area contributed by atoms with Crippen LogP contribution in [0.2, 0.25) is 5.15 Å². The van der Waals surface area contributed by atoms with Crippen LogP contribution in [0.4, 0.5) is 10.2 Å². The van der Waals surface area contributed by atoms with Crippen LogP contribution in [-0.2, 0) is 6.54 Å². The summed E-state index contributed by atoms with van der Waals surface area (Å²) in [7, 11) is 0. The Kier molecular flexibility index (Phi) is 4.94. The lowest BCUT2D eigenvalue weighted by Gasteiger charge is -2.10. The summed E-state index contributed by atoms with van der Waals surface area (Å²) >= 11 is 9.28. The van der Waals surface area contributed by atoms with E-state index < -0.39 is 0 Å². The number of hydrogen-bond acceptors (Lipinski definition) is 3. The molecule has 1 N–H and O–H groups in total. The molecule has 0 atom stereocenters. The summed E-state index contributed by atoms with van der Waals surface area (Å²) in [5, 5.41) is 3.44. The van der Waals surface area contributed by atoms with Crippen LogP contribution in [0.25, 0.3) is 0 Å². The molecule has 0 bridgehead atoms. The fourth-order valence-electron chi connectivity index (χ4n) is 1.65. The SMILES string of the molecule is CC(C)c1nc(Cl)cc(NCc2cc(Br)ccc2F)n1. The highest BCUT2D eigenvalue weighted by Crippen LogP contribution is 2.19. The first-order valence-corrected chi connectivity index (χ1v) is 7.35. The molecular weight excluding hydrogens is 345 g/mol. The number of nitrogens with zero attached hydrogens (tertiary/aromatic N) is 2. The Bertz CT molecular complexity index is 619. The molecule has 0 radical (unpaired) electrons. The summed E-state index contributed by atoms with van der Waals surface area (Å²) in [6, 6.07) is 6.45. The number of benzene rings is 1. The van der Waals surface area contributed by atoms with Crippen LogP contribution in [-0.4, -0.2) is 9.97 Å². The molecule has 106 valence electrons. The van der Waals surface area contributed by atoms with Crippen molar-refractivity contribution in [2.24, 2.45) is 0 Å². The van der Waals surface area contributed by atoms with Crippen molar-refractivity contribution in [3.05, 3.63) is 51.1 Å². The van der Waals surface area contributed by atoms with E-state index >= 15 is 0 Å². The fourth-order valence-corrected chi connectivity index (χ4v) is 2.25. The van der Waals surface area contributed by atoms with Crippen LogP contribution >= 0.6 is 27.5 Å². The average molecular weight is 359 g/mol. The second kappa shape index (κ2) is 6.50. The monoisotopic (exact) mass is 357 g/mol. The van der Waals surface area contributed by atoms with Gasteiger partial charge in [0.15, 0.2) is 0 Å². The molecule has 0 amide bonds. The molecule has 0 fully saturated rings. The van der Waals surface area contributed by atoms with Gasteiger partial charge in [-0.05, 0) is 18.2 Å². The molecule has 0 unspecified atom stereocenters. The van der Waals surface area contributed by atoms with Crippen molar-refractivity contribution in [1.29, 1.82) is 0 Å². The van der Waals surface area contributed by atoms with E-state index in [0.717, 1.165) is 4.47 Å². The second-order valence-electron chi connectivity index (χ2n) is 4.68. The molecule has 2 aromatic rings. The van der Waals surface area contributed by atoms with Crippen LogP contribution < -0.4 is 5.32 Å². The van der Waals surface area contributed by atoms with E-state index in [-0.39, 0.29) is 11.7 Å². The molecule has 0 aliphatic rings. The Morgan fingerprint density at radius 1 is 1.30 bits per heavy atom. The zero-order valence-corrected chi connectivity index (χ0v) is 13.5. The van der Waals surface area contributed by atoms with Gasteiger partial charge in [-0.25, -0.2) is 14.4 Å². The van der Waals surface area contributed by atoms with E-state index in [1.54, 1.807) is 18.2 Å². The number of nitrogens with one attached hydrogen (secondary N) is 1. The van der Waals surface area contributed by atoms with Gasteiger partial charge in [0.25, 0.3) is 0 Å². The fraction of sp³-hybridized carbons (Fsp3) is 0.286. The van der Waals surface area contributed by atoms with Crippen LogP contribution in [0.15, 0.2) is 28.7 Å². The van der Waals surface area contributed by atoms with E-state index in [2.05, 4.69) is 31.2 Å². The minimum atomic E-state index is -0.259. The third-order valence-electron chi connectivity index (χ3n) is 2.70. The molecule has 0 aliphatic carbocycles. The van der Waals surface area contributed by atoms with Crippen LogP contribution in [0, 0.1) is 5.82 Å². The molecule has 0 saturated carbocycles. The van der Waals surface area contributed by atoms with Crippen molar-refractivity contribution in [3.63, 3.8) is 0 Å². The van der Waals surface area contributed by atoms with Crippen molar-refractivity contribution in [3.8, 4) is 0 Å². The summed E-state index contributed by atoms with van der Waals surface area (Å²) in [5.41, 5.74) is 0.556. The van der Waals surface area contributed by atoms with Gasteiger partial charge in [-0.2, -0.15) is 0 Å². The van der Waals surface area contributed by atoms with E-state index in [1.165, 1.54) is 6.07 Å². The molecule has 1 heterocycles. The molecule has 20 heavy (non-hydrogen) atoms. The number of halogens is 3. The molecule has 0 saturated heterocycles. The predicted octanol–water partition coefficient (Wildman–Crippen LogP) is 4.77. The maximum Gasteiger partial charge on any atom is 0.135 e. The molecular formula is C14H14BrClFN3. The minimum absolute atomic E-state index is 0.178. The first-order valence-electron chi connectivity index (χ1n) is 6.18. The number of hydrogen-bond donors (Lipinski definition) is 1. The zero-order valence-electron chi connectivity index (χ0n) is 11.1. The second-order valence-corrected chi connectivity index (χ2v) is 5.98. The Labute approximate surface area is 130 Å². The summed E-state index contributed by atoms with van der Waals surface area (Å²) in [6.45, 7) is 4.31. The highest BCUT2D eigenvalue weighted by atomic mass is 79.9. The molecule has 1 aromatic heterocycles. The first-order chi connectivity index (χ1) is 9.45. The lowest BCUT2D eigenvalue weighted by Crippen LogP contribution is -2.06. The Morgan fingerprint density at radius 3 is 2.75 bits per heavy atom. The maximum absolute atomic E-state index is 13.6. The smallest absolute Gasteiger partial charge is 0.135 e. The molecule has 1 aromatic carbocycles. The van der Waals surface area contributed by atoms with Gasteiger partial charge in [0.2, 0.25) is 0 Å². The largest absolute Gasteiger partial charge is 0.366 e. The van der Waals surface area contributed by atoms with Gasteiger partial charge >= 0.3 is 0 Å².